The van der Waals surface area contributed by atoms with Gasteiger partial charge in [0.05, 0.1) is 34.1 Å². The Hall–Kier alpha value is -2.67. The molecule has 2 aromatic rings. The van der Waals surface area contributed by atoms with E-state index < -0.39 is 29.3 Å². The van der Waals surface area contributed by atoms with Gasteiger partial charge in [-0.2, -0.15) is 0 Å². The van der Waals surface area contributed by atoms with E-state index in [1.54, 1.807) is 42.5 Å². The fourth-order valence-electron chi connectivity index (χ4n) is 2.03. The fourth-order valence-corrected chi connectivity index (χ4v) is 2.76. The number of anilines is 1. The predicted molar refractivity (Wildman–Crippen MR) is 90.7 cm³/mol. The minimum absolute atomic E-state index is 0.184. The van der Waals surface area contributed by atoms with Crippen LogP contribution in [0.4, 0.5) is 5.69 Å². The highest BCUT2D eigenvalue weighted by molar-refractivity contribution is 7.84. The van der Waals surface area contributed by atoms with Gasteiger partial charge in [-0.15, -0.1) is 0 Å². The van der Waals surface area contributed by atoms with E-state index in [1.165, 1.54) is 19.4 Å². The Balaban J connectivity index is 1.99. The SMILES string of the molecule is COc1ccccc1NC(=O)COC(=O)c1ccccc1[S@@](C)=O. The number of hydrogen-bond donors (Lipinski definition) is 1. The van der Waals surface area contributed by atoms with E-state index in [4.69, 9.17) is 9.47 Å². The molecule has 0 heterocycles. The molecule has 0 spiro atoms. The molecule has 0 aromatic heterocycles. The van der Waals surface area contributed by atoms with Crippen LogP contribution < -0.4 is 10.1 Å². The van der Waals surface area contributed by atoms with Crippen LogP contribution in [0, 0.1) is 0 Å². The van der Waals surface area contributed by atoms with Gasteiger partial charge in [0.2, 0.25) is 0 Å². The number of para-hydroxylation sites is 2. The number of carbonyl (C=O) groups excluding carboxylic acids is 2. The lowest BCUT2D eigenvalue weighted by Gasteiger charge is -2.10. The zero-order chi connectivity index (χ0) is 17.5. The summed E-state index contributed by atoms with van der Waals surface area (Å²) in [7, 11) is 0.164. The van der Waals surface area contributed by atoms with Gasteiger partial charge in [0.1, 0.15) is 5.75 Å². The van der Waals surface area contributed by atoms with Gasteiger partial charge < -0.3 is 14.8 Å². The van der Waals surface area contributed by atoms with Crippen molar-refractivity contribution in [2.24, 2.45) is 0 Å². The Labute approximate surface area is 142 Å². The normalized spacial score (nSPS) is 11.4. The number of benzene rings is 2. The van der Waals surface area contributed by atoms with E-state index in [1.807, 2.05) is 0 Å². The molecule has 6 nitrogen and oxygen atoms in total. The lowest BCUT2D eigenvalue weighted by Crippen LogP contribution is -2.21. The van der Waals surface area contributed by atoms with Crippen molar-refractivity contribution in [2.75, 3.05) is 25.3 Å². The highest BCUT2D eigenvalue weighted by Gasteiger charge is 2.16. The molecule has 2 rings (SSSR count). The molecule has 0 unspecified atom stereocenters. The van der Waals surface area contributed by atoms with Crippen LogP contribution in [0.15, 0.2) is 53.4 Å². The largest absolute Gasteiger partial charge is 0.495 e. The minimum Gasteiger partial charge on any atom is -0.495 e. The highest BCUT2D eigenvalue weighted by Crippen LogP contribution is 2.22. The molecule has 0 fully saturated rings. The summed E-state index contributed by atoms with van der Waals surface area (Å²) in [4.78, 5) is 24.4. The fraction of sp³-hybridized carbons (Fsp3) is 0.176. The van der Waals surface area contributed by atoms with E-state index in [9.17, 15) is 13.8 Å². The summed E-state index contributed by atoms with van der Waals surface area (Å²) in [5.74, 6) is -0.692. The Morgan fingerprint density at radius 1 is 1.08 bits per heavy atom. The first-order chi connectivity index (χ1) is 11.5. The van der Waals surface area contributed by atoms with Crippen molar-refractivity contribution in [3.05, 3.63) is 54.1 Å². The summed E-state index contributed by atoms with van der Waals surface area (Å²) >= 11 is 0. The molecular formula is C17H17NO5S. The van der Waals surface area contributed by atoms with Gasteiger partial charge >= 0.3 is 5.97 Å². The van der Waals surface area contributed by atoms with Gasteiger partial charge in [-0.05, 0) is 24.3 Å². The summed E-state index contributed by atoms with van der Waals surface area (Å²) < 4.78 is 21.8. The molecular weight excluding hydrogens is 330 g/mol. The zero-order valence-corrected chi connectivity index (χ0v) is 14.1. The molecule has 2 aromatic carbocycles. The van der Waals surface area contributed by atoms with Crippen molar-refractivity contribution >= 4 is 28.4 Å². The van der Waals surface area contributed by atoms with Crippen LogP contribution in [0.1, 0.15) is 10.4 Å². The van der Waals surface area contributed by atoms with Crippen molar-refractivity contribution in [3.8, 4) is 5.75 Å². The lowest BCUT2D eigenvalue weighted by atomic mass is 10.2. The number of rotatable bonds is 6. The summed E-state index contributed by atoms with van der Waals surface area (Å²) in [5, 5.41) is 2.60. The zero-order valence-electron chi connectivity index (χ0n) is 13.3. The maximum absolute atomic E-state index is 12.1. The van der Waals surface area contributed by atoms with Crippen LogP contribution >= 0.6 is 0 Å². The Morgan fingerprint density at radius 3 is 2.46 bits per heavy atom. The van der Waals surface area contributed by atoms with Crippen LogP contribution in [0.25, 0.3) is 0 Å². The molecule has 24 heavy (non-hydrogen) atoms. The van der Waals surface area contributed by atoms with E-state index in [0.717, 1.165) is 0 Å². The van der Waals surface area contributed by atoms with Crippen molar-refractivity contribution in [2.45, 2.75) is 4.90 Å². The van der Waals surface area contributed by atoms with Gasteiger partial charge in [0, 0.05) is 6.26 Å². The highest BCUT2D eigenvalue weighted by atomic mass is 32.2. The first kappa shape index (κ1) is 17.7. The second-order valence-corrected chi connectivity index (χ2v) is 6.12. The third kappa shape index (κ3) is 4.42. The Morgan fingerprint density at radius 2 is 1.75 bits per heavy atom. The number of methoxy groups -OCH3 is 1. The van der Waals surface area contributed by atoms with Crippen molar-refractivity contribution in [3.63, 3.8) is 0 Å². The van der Waals surface area contributed by atoms with Gasteiger partial charge in [-0.1, -0.05) is 24.3 Å². The predicted octanol–water partition coefficient (Wildman–Crippen LogP) is 2.23. The van der Waals surface area contributed by atoms with Gasteiger partial charge in [-0.25, -0.2) is 4.79 Å². The number of esters is 1. The van der Waals surface area contributed by atoms with Crippen LogP contribution in [-0.4, -0.2) is 36.1 Å². The monoisotopic (exact) mass is 347 g/mol. The first-order valence-electron chi connectivity index (χ1n) is 7.05. The molecule has 0 aliphatic carbocycles. The molecule has 1 amide bonds. The van der Waals surface area contributed by atoms with Gasteiger partial charge in [-0.3, -0.25) is 9.00 Å². The molecule has 0 saturated heterocycles. The molecule has 0 aliphatic heterocycles. The molecule has 126 valence electrons. The van der Waals surface area contributed by atoms with E-state index in [-0.39, 0.29) is 5.56 Å². The maximum atomic E-state index is 12.1. The average Bonchev–Trinajstić information content (AvgIpc) is 2.60. The smallest absolute Gasteiger partial charge is 0.339 e. The molecule has 0 saturated carbocycles. The molecule has 1 atom stereocenters. The first-order valence-corrected chi connectivity index (χ1v) is 8.61. The third-order valence-electron chi connectivity index (χ3n) is 3.13. The number of amides is 1. The summed E-state index contributed by atoms with van der Waals surface area (Å²) in [6.07, 6.45) is 1.47. The summed E-state index contributed by atoms with van der Waals surface area (Å²) in [6, 6.07) is 13.3. The van der Waals surface area contributed by atoms with Crippen LogP contribution in [0.3, 0.4) is 0 Å². The maximum Gasteiger partial charge on any atom is 0.339 e. The topological polar surface area (TPSA) is 81.7 Å². The Bertz CT molecular complexity index is 775. The van der Waals surface area contributed by atoms with Crippen LogP contribution in [0.2, 0.25) is 0 Å². The van der Waals surface area contributed by atoms with Crippen molar-refractivity contribution in [1.82, 2.24) is 0 Å². The van der Waals surface area contributed by atoms with Crippen LogP contribution in [0.5, 0.6) is 5.75 Å². The average molecular weight is 347 g/mol. The van der Waals surface area contributed by atoms with Crippen LogP contribution in [-0.2, 0) is 20.3 Å². The van der Waals surface area contributed by atoms with Crippen molar-refractivity contribution in [1.29, 1.82) is 0 Å². The number of hydrogen-bond acceptors (Lipinski definition) is 5. The number of carbonyl (C=O) groups is 2. The molecule has 0 bridgehead atoms. The second kappa shape index (κ2) is 8.26. The second-order valence-electron chi connectivity index (χ2n) is 4.77. The lowest BCUT2D eigenvalue weighted by molar-refractivity contribution is -0.119. The van der Waals surface area contributed by atoms with Gasteiger partial charge in [0.15, 0.2) is 6.61 Å². The molecule has 7 heteroatoms. The third-order valence-corrected chi connectivity index (χ3v) is 4.11. The standard InChI is InChI=1S/C17H17NO5S/c1-22-14-9-5-4-8-13(14)18-16(19)11-23-17(20)12-7-3-6-10-15(12)24(2)21/h3-10H,11H2,1-2H3,(H,18,19)/t24-/m1/s1. The van der Waals surface area contributed by atoms with Gasteiger partial charge in [0.25, 0.3) is 5.91 Å². The minimum atomic E-state index is -1.33. The molecule has 1 N–H and O–H groups in total. The number of nitrogens with one attached hydrogen (secondary N) is 1. The van der Waals surface area contributed by atoms with E-state index >= 15 is 0 Å². The number of ether oxygens (including phenoxy) is 2. The quantitative estimate of drug-likeness (QED) is 0.811. The van der Waals surface area contributed by atoms with E-state index in [0.29, 0.717) is 16.3 Å². The van der Waals surface area contributed by atoms with Crippen molar-refractivity contribution < 1.29 is 23.3 Å². The summed E-state index contributed by atoms with van der Waals surface area (Å²) in [6.45, 7) is -0.457. The van der Waals surface area contributed by atoms with E-state index in [2.05, 4.69) is 5.32 Å². The Kier molecular flexibility index (Phi) is 6.08. The summed E-state index contributed by atoms with van der Waals surface area (Å²) in [5.41, 5.74) is 0.666. The molecule has 0 aliphatic rings. The molecule has 0 radical (unpaired) electrons.